The fourth-order valence-corrected chi connectivity index (χ4v) is 5.14. The predicted octanol–water partition coefficient (Wildman–Crippen LogP) is 4.84. The molecule has 0 spiro atoms. The van der Waals surface area contributed by atoms with Crippen molar-refractivity contribution in [3.05, 3.63) is 58.4 Å². The second kappa shape index (κ2) is 8.39. The van der Waals surface area contributed by atoms with Crippen LogP contribution in [0.1, 0.15) is 65.8 Å². The third kappa shape index (κ3) is 3.96. The number of aryl methyl sites for hydroxylation is 2. The van der Waals surface area contributed by atoms with E-state index in [0.717, 1.165) is 67.2 Å². The number of amides is 1. The van der Waals surface area contributed by atoms with Crippen molar-refractivity contribution in [3.8, 4) is 0 Å². The normalized spacial score (nSPS) is 21.2. The van der Waals surface area contributed by atoms with Gasteiger partial charge in [-0.15, -0.1) is 0 Å². The van der Waals surface area contributed by atoms with E-state index in [1.165, 1.54) is 6.42 Å². The molecule has 2 aromatic heterocycles. The van der Waals surface area contributed by atoms with Gasteiger partial charge in [0.2, 0.25) is 0 Å². The van der Waals surface area contributed by atoms with Gasteiger partial charge in [-0.1, -0.05) is 6.92 Å². The van der Waals surface area contributed by atoms with Gasteiger partial charge in [-0.3, -0.25) is 4.79 Å². The molecule has 33 heavy (non-hydrogen) atoms. The Labute approximate surface area is 192 Å². The van der Waals surface area contributed by atoms with E-state index in [9.17, 15) is 13.6 Å². The van der Waals surface area contributed by atoms with Crippen LogP contribution in [0.3, 0.4) is 0 Å². The lowest BCUT2D eigenvalue weighted by atomic mass is 9.97. The molecule has 2 atom stereocenters. The second-order valence-corrected chi connectivity index (χ2v) is 9.55. The standard InChI is InChI=1S/C25H29F2N5O/c1-15-7-9-30(13-15)24-17(3)14-32-23(28-24)12-21(29-32)22-6-4-5-8-31(22)25(33)18-11-20(27)19(26)10-16(18)2/h10-12,14-15,22H,4-9,13H2,1-3H3/t15-,22-/m0/s1. The smallest absolute Gasteiger partial charge is 0.254 e. The molecule has 2 fully saturated rings. The van der Waals surface area contributed by atoms with E-state index in [1.54, 1.807) is 16.3 Å². The zero-order chi connectivity index (χ0) is 23.3. The molecule has 0 bridgehead atoms. The van der Waals surface area contributed by atoms with E-state index in [2.05, 4.69) is 18.7 Å². The monoisotopic (exact) mass is 453 g/mol. The summed E-state index contributed by atoms with van der Waals surface area (Å²) in [7, 11) is 0. The van der Waals surface area contributed by atoms with Crippen LogP contribution in [0.2, 0.25) is 0 Å². The van der Waals surface area contributed by atoms with Crippen molar-refractivity contribution in [3.63, 3.8) is 0 Å². The molecule has 2 aliphatic heterocycles. The largest absolute Gasteiger partial charge is 0.356 e. The number of hydrogen-bond acceptors (Lipinski definition) is 4. The summed E-state index contributed by atoms with van der Waals surface area (Å²) in [5.74, 6) is -0.585. The van der Waals surface area contributed by atoms with Crippen LogP contribution in [0.15, 0.2) is 24.4 Å². The Hall–Kier alpha value is -3.03. The first kappa shape index (κ1) is 21.8. The van der Waals surface area contributed by atoms with Gasteiger partial charge in [0.05, 0.1) is 11.7 Å². The van der Waals surface area contributed by atoms with Gasteiger partial charge in [-0.25, -0.2) is 18.3 Å². The summed E-state index contributed by atoms with van der Waals surface area (Å²) in [6, 6.07) is 3.82. The molecule has 8 heteroatoms. The van der Waals surface area contributed by atoms with Crippen molar-refractivity contribution >= 4 is 17.4 Å². The molecule has 0 radical (unpaired) electrons. The summed E-state index contributed by atoms with van der Waals surface area (Å²) in [5.41, 5.74) is 3.23. The Morgan fingerprint density at radius 2 is 1.82 bits per heavy atom. The highest BCUT2D eigenvalue weighted by atomic mass is 19.2. The molecule has 2 aliphatic rings. The molecule has 1 aromatic carbocycles. The molecule has 0 aliphatic carbocycles. The van der Waals surface area contributed by atoms with Gasteiger partial charge in [0.1, 0.15) is 5.82 Å². The van der Waals surface area contributed by atoms with Crippen LogP contribution in [0.25, 0.3) is 5.65 Å². The molecule has 2 saturated heterocycles. The Morgan fingerprint density at radius 1 is 1.03 bits per heavy atom. The minimum absolute atomic E-state index is 0.198. The maximum absolute atomic E-state index is 13.9. The van der Waals surface area contributed by atoms with Crippen LogP contribution >= 0.6 is 0 Å². The molecule has 3 aromatic rings. The molecule has 174 valence electrons. The van der Waals surface area contributed by atoms with Crippen LogP contribution in [0.4, 0.5) is 14.6 Å². The predicted molar refractivity (Wildman–Crippen MR) is 122 cm³/mol. The number of piperidine rings is 1. The maximum Gasteiger partial charge on any atom is 0.254 e. The number of hydrogen-bond donors (Lipinski definition) is 0. The first-order chi connectivity index (χ1) is 15.8. The number of likely N-dealkylation sites (tertiary alicyclic amines) is 1. The molecular weight excluding hydrogens is 424 g/mol. The fourth-order valence-electron chi connectivity index (χ4n) is 5.14. The summed E-state index contributed by atoms with van der Waals surface area (Å²) >= 11 is 0. The summed E-state index contributed by atoms with van der Waals surface area (Å²) in [6.07, 6.45) is 5.78. The SMILES string of the molecule is Cc1cc(F)c(F)cc1C(=O)N1CCCC[C@H]1c1cc2nc(N3CC[C@H](C)C3)c(C)cn2n1. The number of fused-ring (bicyclic) bond motifs is 1. The van der Waals surface area contributed by atoms with E-state index in [0.29, 0.717) is 18.0 Å². The minimum Gasteiger partial charge on any atom is -0.356 e. The van der Waals surface area contributed by atoms with Crippen molar-refractivity contribution in [1.29, 1.82) is 0 Å². The Balaban J connectivity index is 1.48. The lowest BCUT2D eigenvalue weighted by molar-refractivity contribution is 0.0604. The van der Waals surface area contributed by atoms with Gasteiger partial charge in [-0.05, 0) is 63.1 Å². The quantitative estimate of drug-likeness (QED) is 0.570. The molecule has 6 nitrogen and oxygen atoms in total. The minimum atomic E-state index is -1.01. The highest BCUT2D eigenvalue weighted by Crippen LogP contribution is 2.33. The van der Waals surface area contributed by atoms with Crippen molar-refractivity contribution < 1.29 is 13.6 Å². The van der Waals surface area contributed by atoms with Gasteiger partial charge >= 0.3 is 0 Å². The number of carbonyl (C=O) groups excluding carboxylic acids is 1. The van der Waals surface area contributed by atoms with Crippen LogP contribution < -0.4 is 4.90 Å². The molecule has 0 N–H and O–H groups in total. The third-order valence-corrected chi connectivity index (χ3v) is 6.95. The number of rotatable bonds is 3. The topological polar surface area (TPSA) is 53.7 Å². The van der Waals surface area contributed by atoms with Crippen LogP contribution in [0, 0.1) is 31.4 Å². The van der Waals surface area contributed by atoms with Crippen molar-refractivity contribution in [2.24, 2.45) is 5.92 Å². The number of anilines is 1. The highest BCUT2D eigenvalue weighted by Gasteiger charge is 2.32. The van der Waals surface area contributed by atoms with Crippen molar-refractivity contribution in [2.45, 2.75) is 52.5 Å². The Morgan fingerprint density at radius 3 is 2.58 bits per heavy atom. The fraction of sp³-hybridized carbons (Fsp3) is 0.480. The Bertz CT molecular complexity index is 1220. The van der Waals surface area contributed by atoms with Gasteiger partial charge in [-0.2, -0.15) is 5.10 Å². The van der Waals surface area contributed by atoms with E-state index in [1.807, 2.05) is 12.3 Å². The van der Waals surface area contributed by atoms with Crippen LogP contribution in [-0.2, 0) is 0 Å². The number of nitrogens with zero attached hydrogens (tertiary/aromatic N) is 5. The number of benzene rings is 1. The lowest BCUT2D eigenvalue weighted by Crippen LogP contribution is -2.39. The van der Waals surface area contributed by atoms with E-state index < -0.39 is 11.6 Å². The van der Waals surface area contributed by atoms with Crippen molar-refractivity contribution in [1.82, 2.24) is 19.5 Å². The number of carbonyl (C=O) groups is 1. The highest BCUT2D eigenvalue weighted by molar-refractivity contribution is 5.96. The molecule has 5 rings (SSSR count). The van der Waals surface area contributed by atoms with Gasteiger partial charge in [0.15, 0.2) is 17.3 Å². The summed E-state index contributed by atoms with van der Waals surface area (Å²) in [6.45, 7) is 8.50. The number of halogens is 2. The van der Waals surface area contributed by atoms with Crippen LogP contribution in [0.5, 0.6) is 0 Å². The number of aromatic nitrogens is 3. The summed E-state index contributed by atoms with van der Waals surface area (Å²) in [5, 5.41) is 4.77. The maximum atomic E-state index is 13.9. The molecule has 1 amide bonds. The molecule has 0 saturated carbocycles. The average Bonchev–Trinajstić information content (AvgIpc) is 3.40. The third-order valence-electron chi connectivity index (χ3n) is 6.95. The first-order valence-corrected chi connectivity index (χ1v) is 11.7. The average molecular weight is 454 g/mol. The zero-order valence-electron chi connectivity index (χ0n) is 19.3. The lowest BCUT2D eigenvalue weighted by Gasteiger charge is -2.35. The van der Waals surface area contributed by atoms with Gasteiger partial charge in [0.25, 0.3) is 5.91 Å². The van der Waals surface area contributed by atoms with Gasteiger partial charge < -0.3 is 9.80 Å². The van der Waals surface area contributed by atoms with Crippen molar-refractivity contribution in [2.75, 3.05) is 24.5 Å². The first-order valence-electron chi connectivity index (χ1n) is 11.7. The zero-order valence-corrected chi connectivity index (χ0v) is 19.3. The van der Waals surface area contributed by atoms with E-state index in [-0.39, 0.29) is 17.5 Å². The molecular formula is C25H29F2N5O. The van der Waals surface area contributed by atoms with Gasteiger partial charge in [0, 0.05) is 43.0 Å². The van der Waals surface area contributed by atoms with E-state index >= 15 is 0 Å². The summed E-state index contributed by atoms with van der Waals surface area (Å²) in [4.78, 5) is 22.4. The molecule has 0 unspecified atom stereocenters. The van der Waals surface area contributed by atoms with Crippen LogP contribution in [-0.4, -0.2) is 45.0 Å². The second-order valence-electron chi connectivity index (χ2n) is 9.55. The Kier molecular flexibility index (Phi) is 5.54. The summed E-state index contributed by atoms with van der Waals surface area (Å²) < 4.78 is 29.3. The van der Waals surface area contributed by atoms with E-state index in [4.69, 9.17) is 10.1 Å². The molecule has 4 heterocycles.